The molecule has 0 radical (unpaired) electrons. The van der Waals surface area contributed by atoms with Crippen LogP contribution in [0.5, 0.6) is 0 Å². The van der Waals surface area contributed by atoms with Crippen molar-refractivity contribution >= 4 is 56.1 Å². The third-order valence-electron chi connectivity index (χ3n) is 2.75. The summed E-state index contributed by atoms with van der Waals surface area (Å²) in [6.07, 6.45) is 0. The van der Waals surface area contributed by atoms with Crippen molar-refractivity contribution in [1.82, 2.24) is 4.90 Å². The Morgan fingerprint density at radius 3 is 2.90 bits per heavy atom. The second kappa shape index (κ2) is 7.26. The van der Waals surface area contributed by atoms with E-state index in [4.69, 9.17) is 17.3 Å². The number of nitrogen functional groups attached to an aromatic ring is 1. The summed E-state index contributed by atoms with van der Waals surface area (Å²) in [5, 5.41) is 5.34. The lowest BCUT2D eigenvalue weighted by atomic mass is 10.2. The predicted molar refractivity (Wildman–Crippen MR) is 92.8 cm³/mol. The Hall–Kier alpha value is -1.08. The average Bonchev–Trinajstić information content (AvgIpc) is 2.79. The van der Waals surface area contributed by atoms with E-state index in [1.807, 2.05) is 23.4 Å². The van der Waals surface area contributed by atoms with Crippen LogP contribution in [0.1, 0.15) is 4.88 Å². The maximum atomic E-state index is 12.0. The number of thiophene rings is 1. The first-order valence-electron chi connectivity index (χ1n) is 6.20. The summed E-state index contributed by atoms with van der Waals surface area (Å²) in [5.41, 5.74) is 6.84. The van der Waals surface area contributed by atoms with Crippen molar-refractivity contribution in [3.8, 4) is 0 Å². The van der Waals surface area contributed by atoms with Crippen molar-refractivity contribution in [3.63, 3.8) is 0 Å². The Morgan fingerprint density at radius 1 is 1.48 bits per heavy atom. The number of hydrogen-bond acceptors (Lipinski definition) is 4. The largest absolute Gasteiger partial charge is 0.397 e. The minimum atomic E-state index is -0.123. The standard InChI is InChI=1S/C14H15BrClN3OS/c1-19(6-11-4-9(15)8-21-11)7-14(20)18-13-5-10(16)2-3-12(13)17/h2-5,8H,6-7,17H2,1H3,(H,18,20). The molecule has 0 saturated carbocycles. The second-order valence-electron chi connectivity index (χ2n) is 4.68. The van der Waals surface area contributed by atoms with Gasteiger partial charge in [-0.05, 0) is 47.2 Å². The van der Waals surface area contributed by atoms with Gasteiger partial charge < -0.3 is 11.1 Å². The molecule has 112 valence electrons. The molecular formula is C14H15BrClN3OS. The predicted octanol–water partition coefficient (Wildman–Crippen LogP) is 3.82. The molecule has 0 aliphatic heterocycles. The third kappa shape index (κ3) is 5.00. The fourth-order valence-electron chi connectivity index (χ4n) is 1.83. The Kier molecular flexibility index (Phi) is 5.64. The monoisotopic (exact) mass is 387 g/mol. The summed E-state index contributed by atoms with van der Waals surface area (Å²) < 4.78 is 1.06. The van der Waals surface area contributed by atoms with Crippen LogP contribution < -0.4 is 11.1 Å². The Balaban J connectivity index is 1.90. The lowest BCUT2D eigenvalue weighted by Gasteiger charge is -2.16. The molecule has 2 rings (SSSR count). The van der Waals surface area contributed by atoms with Crippen molar-refractivity contribution in [1.29, 1.82) is 0 Å². The maximum absolute atomic E-state index is 12.0. The highest BCUT2D eigenvalue weighted by molar-refractivity contribution is 9.10. The van der Waals surface area contributed by atoms with Crippen LogP contribution in [0.15, 0.2) is 34.1 Å². The Labute approximate surface area is 141 Å². The van der Waals surface area contributed by atoms with Gasteiger partial charge in [0.1, 0.15) is 0 Å². The number of anilines is 2. The summed E-state index contributed by atoms with van der Waals surface area (Å²) >= 11 is 11.0. The topological polar surface area (TPSA) is 58.4 Å². The van der Waals surface area contributed by atoms with Crippen LogP contribution in [-0.4, -0.2) is 24.4 Å². The molecule has 1 heterocycles. The molecule has 21 heavy (non-hydrogen) atoms. The number of nitrogens with one attached hydrogen (secondary N) is 1. The first-order valence-corrected chi connectivity index (χ1v) is 8.25. The minimum Gasteiger partial charge on any atom is -0.397 e. The summed E-state index contributed by atoms with van der Waals surface area (Å²) in [6.45, 7) is 0.996. The summed E-state index contributed by atoms with van der Waals surface area (Å²) in [6, 6.07) is 7.05. The number of halogens is 2. The molecule has 0 atom stereocenters. The quantitative estimate of drug-likeness (QED) is 0.766. The zero-order valence-electron chi connectivity index (χ0n) is 11.4. The smallest absolute Gasteiger partial charge is 0.238 e. The van der Waals surface area contributed by atoms with E-state index >= 15 is 0 Å². The van der Waals surface area contributed by atoms with Gasteiger partial charge in [-0.3, -0.25) is 9.69 Å². The number of carbonyl (C=O) groups is 1. The Bertz CT molecular complexity index is 647. The summed E-state index contributed by atoms with van der Waals surface area (Å²) in [5.74, 6) is -0.123. The third-order valence-corrected chi connectivity index (χ3v) is 4.67. The maximum Gasteiger partial charge on any atom is 0.238 e. The molecule has 0 saturated heterocycles. The van der Waals surface area contributed by atoms with E-state index in [0.717, 1.165) is 4.47 Å². The van der Waals surface area contributed by atoms with E-state index in [2.05, 4.69) is 21.2 Å². The van der Waals surface area contributed by atoms with Crippen LogP contribution in [0, 0.1) is 0 Å². The molecule has 0 aliphatic rings. The number of nitrogens with zero attached hydrogens (tertiary/aromatic N) is 1. The molecule has 0 fully saturated rings. The number of nitrogens with two attached hydrogens (primary N) is 1. The first kappa shape index (κ1) is 16.3. The molecule has 4 nitrogen and oxygen atoms in total. The molecule has 3 N–H and O–H groups in total. The van der Waals surface area contributed by atoms with E-state index in [1.165, 1.54) is 4.88 Å². The summed E-state index contributed by atoms with van der Waals surface area (Å²) in [4.78, 5) is 15.2. The van der Waals surface area contributed by atoms with Crippen molar-refractivity contribution in [2.24, 2.45) is 0 Å². The SMILES string of the molecule is CN(CC(=O)Nc1cc(Cl)ccc1N)Cc1cc(Br)cs1. The van der Waals surface area contributed by atoms with Crippen molar-refractivity contribution in [2.45, 2.75) is 6.54 Å². The van der Waals surface area contributed by atoms with E-state index < -0.39 is 0 Å². The van der Waals surface area contributed by atoms with Crippen molar-refractivity contribution in [2.75, 3.05) is 24.6 Å². The molecule has 0 unspecified atom stereocenters. The molecule has 1 aromatic heterocycles. The van der Waals surface area contributed by atoms with Gasteiger partial charge in [0.05, 0.1) is 17.9 Å². The lowest BCUT2D eigenvalue weighted by Crippen LogP contribution is -2.29. The van der Waals surface area contributed by atoms with Crippen molar-refractivity contribution in [3.05, 3.63) is 44.0 Å². The van der Waals surface area contributed by atoms with E-state index in [0.29, 0.717) is 22.9 Å². The van der Waals surface area contributed by atoms with E-state index in [-0.39, 0.29) is 12.5 Å². The highest BCUT2D eigenvalue weighted by Crippen LogP contribution is 2.23. The number of rotatable bonds is 5. The Morgan fingerprint density at radius 2 is 2.24 bits per heavy atom. The molecule has 1 amide bonds. The normalized spacial score (nSPS) is 10.9. The molecule has 0 bridgehead atoms. The van der Waals surface area contributed by atoms with E-state index in [9.17, 15) is 4.79 Å². The first-order chi connectivity index (χ1) is 9.94. The highest BCUT2D eigenvalue weighted by atomic mass is 79.9. The van der Waals surface area contributed by atoms with Gasteiger partial charge in [0.25, 0.3) is 0 Å². The number of amides is 1. The zero-order chi connectivity index (χ0) is 15.4. The fourth-order valence-corrected chi connectivity index (χ4v) is 3.53. The van der Waals surface area contributed by atoms with Gasteiger partial charge in [-0.2, -0.15) is 0 Å². The molecule has 2 aromatic rings. The number of benzene rings is 1. The second-order valence-corrected chi connectivity index (χ2v) is 7.03. The average molecular weight is 389 g/mol. The number of carbonyl (C=O) groups excluding carboxylic acids is 1. The summed E-state index contributed by atoms with van der Waals surface area (Å²) in [7, 11) is 1.90. The van der Waals surface area contributed by atoms with Gasteiger partial charge in [0, 0.05) is 26.3 Å². The van der Waals surface area contributed by atoms with Crippen LogP contribution in [-0.2, 0) is 11.3 Å². The van der Waals surface area contributed by atoms with Gasteiger partial charge in [-0.15, -0.1) is 11.3 Å². The van der Waals surface area contributed by atoms with Gasteiger partial charge in [-0.1, -0.05) is 11.6 Å². The van der Waals surface area contributed by atoms with Crippen LogP contribution in [0.2, 0.25) is 5.02 Å². The highest BCUT2D eigenvalue weighted by Gasteiger charge is 2.10. The van der Waals surface area contributed by atoms with Gasteiger partial charge in [0.15, 0.2) is 0 Å². The van der Waals surface area contributed by atoms with Crippen LogP contribution in [0.4, 0.5) is 11.4 Å². The van der Waals surface area contributed by atoms with E-state index in [1.54, 1.807) is 29.5 Å². The minimum absolute atomic E-state index is 0.123. The van der Waals surface area contributed by atoms with Crippen LogP contribution >= 0.6 is 38.9 Å². The fraction of sp³-hybridized carbons (Fsp3) is 0.214. The number of hydrogen-bond donors (Lipinski definition) is 2. The van der Waals surface area contributed by atoms with Gasteiger partial charge >= 0.3 is 0 Å². The molecule has 1 aromatic carbocycles. The van der Waals surface area contributed by atoms with Crippen LogP contribution in [0.25, 0.3) is 0 Å². The lowest BCUT2D eigenvalue weighted by molar-refractivity contribution is -0.117. The molecule has 0 aliphatic carbocycles. The van der Waals surface area contributed by atoms with Gasteiger partial charge in [-0.25, -0.2) is 0 Å². The van der Waals surface area contributed by atoms with Crippen LogP contribution in [0.3, 0.4) is 0 Å². The van der Waals surface area contributed by atoms with Crippen molar-refractivity contribution < 1.29 is 4.79 Å². The number of likely N-dealkylation sites (N-methyl/N-ethyl adjacent to an activating group) is 1. The molecule has 7 heteroatoms. The zero-order valence-corrected chi connectivity index (χ0v) is 14.6. The molecule has 0 spiro atoms. The molecular weight excluding hydrogens is 374 g/mol. The van der Waals surface area contributed by atoms with Gasteiger partial charge in [0.2, 0.25) is 5.91 Å².